The molecule has 102 valence electrons. The van der Waals surface area contributed by atoms with Gasteiger partial charge in [-0.3, -0.25) is 0 Å². The van der Waals surface area contributed by atoms with Crippen LogP contribution in [0.1, 0.15) is 52.0 Å². The minimum atomic E-state index is 0.788. The van der Waals surface area contributed by atoms with Crippen molar-refractivity contribution in [2.75, 3.05) is 13.2 Å². The van der Waals surface area contributed by atoms with E-state index in [2.05, 4.69) is 26.8 Å². The maximum Gasteiger partial charge on any atom is 0.126 e. The van der Waals surface area contributed by atoms with Gasteiger partial charge in [-0.05, 0) is 30.9 Å². The Bertz CT molecular complexity index is 334. The Morgan fingerprint density at radius 3 is 2.17 bits per heavy atom. The lowest BCUT2D eigenvalue weighted by atomic mass is 10.1. The van der Waals surface area contributed by atoms with Gasteiger partial charge in [-0.25, -0.2) is 0 Å². The first kappa shape index (κ1) is 14.9. The van der Waals surface area contributed by atoms with Gasteiger partial charge in [-0.1, -0.05) is 39.7 Å². The summed E-state index contributed by atoms with van der Waals surface area (Å²) in [5.41, 5.74) is 1.26. The summed E-state index contributed by atoms with van der Waals surface area (Å²) in [4.78, 5) is 0. The molecule has 0 aromatic heterocycles. The fourth-order valence-corrected chi connectivity index (χ4v) is 1.71. The molecule has 0 heterocycles. The minimum Gasteiger partial charge on any atom is -0.493 e. The highest BCUT2D eigenvalue weighted by Crippen LogP contribution is 2.25. The number of ether oxygens (including phenoxy) is 2. The van der Waals surface area contributed by atoms with Crippen molar-refractivity contribution in [2.45, 2.75) is 52.9 Å². The van der Waals surface area contributed by atoms with Crippen LogP contribution in [0.3, 0.4) is 0 Å². The van der Waals surface area contributed by atoms with E-state index in [1.165, 1.54) is 5.56 Å². The van der Waals surface area contributed by atoms with Crippen LogP contribution in [-0.2, 0) is 6.42 Å². The highest BCUT2D eigenvalue weighted by atomic mass is 16.5. The lowest BCUT2D eigenvalue weighted by molar-refractivity contribution is 0.292. The predicted octanol–water partition coefficient (Wildman–Crippen LogP) is 4.61. The second-order valence-corrected chi connectivity index (χ2v) is 4.53. The number of hydrogen-bond acceptors (Lipinski definition) is 2. The van der Waals surface area contributed by atoms with E-state index in [9.17, 15) is 0 Å². The van der Waals surface area contributed by atoms with Gasteiger partial charge in [-0.2, -0.15) is 0 Å². The van der Waals surface area contributed by atoms with Gasteiger partial charge in [0, 0.05) is 6.07 Å². The maximum absolute atomic E-state index is 5.84. The number of rotatable bonds is 9. The average molecular weight is 250 g/mol. The van der Waals surface area contributed by atoms with Crippen molar-refractivity contribution in [3.8, 4) is 11.5 Å². The van der Waals surface area contributed by atoms with E-state index < -0.39 is 0 Å². The summed E-state index contributed by atoms with van der Waals surface area (Å²) in [6.07, 6.45) is 5.52. The van der Waals surface area contributed by atoms with Crippen LogP contribution < -0.4 is 9.47 Å². The van der Waals surface area contributed by atoms with Crippen molar-refractivity contribution in [3.05, 3.63) is 23.8 Å². The SMILES string of the molecule is CCCCOc1ccc(CC)c(OCCCC)c1. The number of hydrogen-bond donors (Lipinski definition) is 0. The monoisotopic (exact) mass is 250 g/mol. The Balaban J connectivity index is 2.62. The summed E-state index contributed by atoms with van der Waals surface area (Å²) in [6.45, 7) is 8.08. The fraction of sp³-hybridized carbons (Fsp3) is 0.625. The van der Waals surface area contributed by atoms with E-state index in [4.69, 9.17) is 9.47 Å². The second-order valence-electron chi connectivity index (χ2n) is 4.53. The Labute approximate surface area is 111 Å². The molecular formula is C16H26O2. The molecule has 0 unspecified atom stereocenters. The molecule has 2 heteroatoms. The van der Waals surface area contributed by atoms with Crippen LogP contribution in [0.4, 0.5) is 0 Å². The van der Waals surface area contributed by atoms with E-state index in [1.54, 1.807) is 0 Å². The average Bonchev–Trinajstić information content (AvgIpc) is 2.40. The van der Waals surface area contributed by atoms with E-state index in [0.29, 0.717) is 0 Å². The number of unbranched alkanes of at least 4 members (excludes halogenated alkanes) is 2. The van der Waals surface area contributed by atoms with Crippen LogP contribution in [0, 0.1) is 0 Å². The van der Waals surface area contributed by atoms with Crippen molar-refractivity contribution < 1.29 is 9.47 Å². The van der Waals surface area contributed by atoms with Crippen LogP contribution in [0.2, 0.25) is 0 Å². The molecule has 1 aromatic carbocycles. The quantitative estimate of drug-likeness (QED) is 0.596. The summed E-state index contributed by atoms with van der Waals surface area (Å²) in [5, 5.41) is 0. The maximum atomic E-state index is 5.84. The van der Waals surface area contributed by atoms with E-state index in [-0.39, 0.29) is 0 Å². The van der Waals surface area contributed by atoms with Gasteiger partial charge < -0.3 is 9.47 Å². The van der Waals surface area contributed by atoms with Crippen LogP contribution in [-0.4, -0.2) is 13.2 Å². The first-order valence-electron chi connectivity index (χ1n) is 7.20. The molecule has 0 aliphatic heterocycles. The molecule has 0 radical (unpaired) electrons. The molecule has 0 amide bonds. The largest absolute Gasteiger partial charge is 0.493 e. The van der Waals surface area contributed by atoms with Gasteiger partial charge in [0.1, 0.15) is 11.5 Å². The molecule has 0 spiro atoms. The fourth-order valence-electron chi connectivity index (χ4n) is 1.71. The molecule has 0 saturated carbocycles. The van der Waals surface area contributed by atoms with E-state index >= 15 is 0 Å². The Hall–Kier alpha value is -1.18. The van der Waals surface area contributed by atoms with Gasteiger partial charge in [0.25, 0.3) is 0 Å². The highest BCUT2D eigenvalue weighted by molar-refractivity contribution is 5.40. The van der Waals surface area contributed by atoms with Gasteiger partial charge >= 0.3 is 0 Å². The zero-order valence-corrected chi connectivity index (χ0v) is 12.0. The third-order valence-corrected chi connectivity index (χ3v) is 2.94. The second kappa shape index (κ2) is 8.84. The zero-order valence-electron chi connectivity index (χ0n) is 12.0. The third kappa shape index (κ3) is 4.99. The van der Waals surface area contributed by atoms with Crippen LogP contribution in [0.25, 0.3) is 0 Å². The summed E-state index contributed by atoms with van der Waals surface area (Å²) < 4.78 is 11.5. The smallest absolute Gasteiger partial charge is 0.126 e. The molecule has 0 bridgehead atoms. The predicted molar refractivity (Wildman–Crippen MR) is 76.6 cm³/mol. The third-order valence-electron chi connectivity index (χ3n) is 2.94. The van der Waals surface area contributed by atoms with Crippen molar-refractivity contribution in [1.29, 1.82) is 0 Å². The number of benzene rings is 1. The summed E-state index contributed by atoms with van der Waals surface area (Å²) >= 11 is 0. The number of aryl methyl sites for hydroxylation is 1. The molecule has 0 fully saturated rings. The highest BCUT2D eigenvalue weighted by Gasteiger charge is 2.04. The molecule has 0 aliphatic rings. The Kier molecular flexibility index (Phi) is 7.31. The van der Waals surface area contributed by atoms with Gasteiger partial charge in [0.2, 0.25) is 0 Å². The molecule has 0 saturated heterocycles. The van der Waals surface area contributed by atoms with Gasteiger partial charge in [0.05, 0.1) is 13.2 Å². The summed E-state index contributed by atoms with van der Waals surface area (Å²) in [7, 11) is 0. The van der Waals surface area contributed by atoms with Crippen LogP contribution in [0.15, 0.2) is 18.2 Å². The zero-order chi connectivity index (χ0) is 13.2. The molecule has 2 nitrogen and oxygen atoms in total. The lowest BCUT2D eigenvalue weighted by Crippen LogP contribution is -2.01. The molecule has 0 aliphatic carbocycles. The Morgan fingerprint density at radius 2 is 1.56 bits per heavy atom. The topological polar surface area (TPSA) is 18.5 Å². The van der Waals surface area contributed by atoms with Crippen molar-refractivity contribution in [1.82, 2.24) is 0 Å². The normalized spacial score (nSPS) is 10.4. The van der Waals surface area contributed by atoms with Crippen molar-refractivity contribution >= 4 is 0 Å². The van der Waals surface area contributed by atoms with Crippen molar-refractivity contribution in [3.63, 3.8) is 0 Å². The molecule has 1 aromatic rings. The molecular weight excluding hydrogens is 224 g/mol. The molecule has 0 atom stereocenters. The minimum absolute atomic E-state index is 0.788. The van der Waals surface area contributed by atoms with E-state index in [0.717, 1.165) is 56.8 Å². The van der Waals surface area contributed by atoms with Crippen molar-refractivity contribution in [2.24, 2.45) is 0 Å². The van der Waals surface area contributed by atoms with Gasteiger partial charge in [0.15, 0.2) is 0 Å². The first-order chi connectivity index (χ1) is 8.81. The van der Waals surface area contributed by atoms with Gasteiger partial charge in [-0.15, -0.1) is 0 Å². The Morgan fingerprint density at radius 1 is 0.889 bits per heavy atom. The molecule has 0 N–H and O–H groups in total. The standard InChI is InChI=1S/C16H26O2/c1-4-7-11-17-15-10-9-14(6-3)16(13-15)18-12-8-5-2/h9-10,13H,4-8,11-12H2,1-3H3. The lowest BCUT2D eigenvalue weighted by Gasteiger charge is -2.12. The van der Waals surface area contributed by atoms with E-state index in [1.807, 2.05) is 12.1 Å². The van der Waals surface area contributed by atoms with Crippen LogP contribution in [0.5, 0.6) is 11.5 Å². The molecule has 1 rings (SSSR count). The molecule has 18 heavy (non-hydrogen) atoms. The summed E-state index contributed by atoms with van der Waals surface area (Å²) in [6, 6.07) is 6.19. The van der Waals surface area contributed by atoms with Crippen LogP contribution >= 0.6 is 0 Å². The first-order valence-corrected chi connectivity index (χ1v) is 7.20. The summed E-state index contributed by atoms with van der Waals surface area (Å²) in [5.74, 6) is 1.91.